The summed E-state index contributed by atoms with van der Waals surface area (Å²) in [4.78, 5) is 35.5. The van der Waals surface area contributed by atoms with Crippen LogP contribution in [-0.2, 0) is 9.59 Å². The molecule has 25 heavy (non-hydrogen) atoms. The molecule has 0 spiro atoms. The molecule has 3 heterocycles. The number of hydrogen-bond acceptors (Lipinski definition) is 4. The largest absolute Gasteiger partial charge is 0.353 e. The summed E-state index contributed by atoms with van der Waals surface area (Å²) in [6.45, 7) is 4.69. The Balaban J connectivity index is 1.26. The van der Waals surface area contributed by atoms with E-state index in [0.717, 1.165) is 70.8 Å². The molecular weight excluding hydrogens is 316 g/mol. The molecule has 0 radical (unpaired) electrons. The molecule has 0 atom stereocenters. The lowest BCUT2D eigenvalue weighted by atomic mass is 9.94. The van der Waals surface area contributed by atoms with Gasteiger partial charge in [-0.2, -0.15) is 0 Å². The van der Waals surface area contributed by atoms with Crippen molar-refractivity contribution < 1.29 is 9.59 Å². The van der Waals surface area contributed by atoms with Gasteiger partial charge in [-0.15, -0.1) is 0 Å². The average Bonchev–Trinajstić information content (AvgIpc) is 3.53. The summed E-state index contributed by atoms with van der Waals surface area (Å²) in [6.07, 6.45) is 5.55. The summed E-state index contributed by atoms with van der Waals surface area (Å²) in [5.41, 5.74) is 0. The molecular formula is C19H26N4O2. The van der Waals surface area contributed by atoms with Gasteiger partial charge in [0.15, 0.2) is 0 Å². The molecule has 0 aromatic carbocycles. The lowest BCUT2D eigenvalue weighted by Gasteiger charge is -2.39. The van der Waals surface area contributed by atoms with Crippen LogP contribution < -0.4 is 4.90 Å². The van der Waals surface area contributed by atoms with Gasteiger partial charge < -0.3 is 14.7 Å². The highest BCUT2D eigenvalue weighted by Crippen LogP contribution is 2.32. The summed E-state index contributed by atoms with van der Waals surface area (Å²) in [5.74, 6) is 1.95. The number of amides is 2. The van der Waals surface area contributed by atoms with Gasteiger partial charge in [-0.05, 0) is 37.8 Å². The van der Waals surface area contributed by atoms with Crippen LogP contribution in [0.15, 0.2) is 24.4 Å². The summed E-state index contributed by atoms with van der Waals surface area (Å²) in [6, 6.07) is 5.93. The van der Waals surface area contributed by atoms with Crippen LogP contribution in [-0.4, -0.2) is 65.9 Å². The Morgan fingerprint density at radius 1 is 0.800 bits per heavy atom. The molecule has 2 amide bonds. The van der Waals surface area contributed by atoms with Gasteiger partial charge >= 0.3 is 0 Å². The van der Waals surface area contributed by atoms with Gasteiger partial charge in [0.05, 0.1) is 0 Å². The Morgan fingerprint density at radius 2 is 1.40 bits per heavy atom. The molecule has 3 fully saturated rings. The highest BCUT2D eigenvalue weighted by atomic mass is 16.2. The number of pyridine rings is 1. The number of aromatic nitrogens is 1. The summed E-state index contributed by atoms with van der Waals surface area (Å²) >= 11 is 0. The van der Waals surface area contributed by atoms with Gasteiger partial charge in [-0.25, -0.2) is 4.98 Å². The Morgan fingerprint density at radius 3 is 1.96 bits per heavy atom. The summed E-state index contributed by atoms with van der Waals surface area (Å²) in [7, 11) is 0. The zero-order chi connectivity index (χ0) is 17.2. The van der Waals surface area contributed by atoms with Crippen molar-refractivity contribution in [1.29, 1.82) is 0 Å². The summed E-state index contributed by atoms with van der Waals surface area (Å²) in [5, 5.41) is 0. The number of carbonyl (C=O) groups is 2. The van der Waals surface area contributed by atoms with Crippen molar-refractivity contribution in [2.24, 2.45) is 11.8 Å². The first-order valence-electron chi connectivity index (χ1n) is 9.46. The van der Waals surface area contributed by atoms with E-state index < -0.39 is 0 Å². The molecule has 1 saturated carbocycles. The number of anilines is 1. The minimum Gasteiger partial charge on any atom is -0.353 e. The molecule has 2 saturated heterocycles. The predicted molar refractivity (Wildman–Crippen MR) is 95.1 cm³/mol. The molecule has 1 aliphatic carbocycles. The first kappa shape index (κ1) is 16.4. The van der Waals surface area contributed by atoms with E-state index >= 15 is 0 Å². The Hall–Kier alpha value is -2.11. The van der Waals surface area contributed by atoms with Gasteiger partial charge in [0.25, 0.3) is 0 Å². The number of piperidine rings is 1. The smallest absolute Gasteiger partial charge is 0.225 e. The molecule has 0 bridgehead atoms. The predicted octanol–water partition coefficient (Wildman–Crippen LogP) is 1.38. The number of carbonyl (C=O) groups excluding carboxylic acids is 2. The van der Waals surface area contributed by atoms with Crippen molar-refractivity contribution in [3.8, 4) is 0 Å². The van der Waals surface area contributed by atoms with Crippen LogP contribution in [0.4, 0.5) is 5.82 Å². The Kier molecular flexibility index (Phi) is 4.59. The molecule has 4 rings (SSSR count). The fraction of sp³-hybridized carbons (Fsp3) is 0.632. The van der Waals surface area contributed by atoms with Crippen LogP contribution in [0.2, 0.25) is 0 Å². The second-order valence-electron chi connectivity index (χ2n) is 7.37. The maximum Gasteiger partial charge on any atom is 0.225 e. The van der Waals surface area contributed by atoms with Crippen LogP contribution in [0.1, 0.15) is 25.7 Å². The Labute approximate surface area is 148 Å². The van der Waals surface area contributed by atoms with E-state index in [1.807, 2.05) is 34.2 Å². The molecule has 6 nitrogen and oxygen atoms in total. The number of rotatable bonds is 3. The van der Waals surface area contributed by atoms with Crippen molar-refractivity contribution >= 4 is 17.6 Å². The molecule has 1 aromatic rings. The van der Waals surface area contributed by atoms with E-state index in [2.05, 4.69) is 9.88 Å². The number of nitrogens with zero attached hydrogens (tertiary/aromatic N) is 4. The fourth-order valence-electron chi connectivity index (χ4n) is 3.89. The van der Waals surface area contributed by atoms with E-state index in [0.29, 0.717) is 5.91 Å². The van der Waals surface area contributed by atoms with E-state index in [-0.39, 0.29) is 17.7 Å². The highest BCUT2D eigenvalue weighted by Gasteiger charge is 2.37. The van der Waals surface area contributed by atoms with E-state index in [4.69, 9.17) is 0 Å². The number of piperazine rings is 1. The van der Waals surface area contributed by atoms with E-state index in [1.165, 1.54) is 0 Å². The standard InChI is InChI=1S/C19H26N4O2/c24-18(15-4-5-15)22-9-6-16(7-10-22)19(25)23-13-11-21(12-14-23)17-3-1-2-8-20-17/h1-3,8,15-16H,4-7,9-14H2. The minimum atomic E-state index is 0.0876. The average molecular weight is 342 g/mol. The first-order chi connectivity index (χ1) is 12.2. The van der Waals surface area contributed by atoms with Gasteiger partial charge in [0.2, 0.25) is 11.8 Å². The molecule has 6 heteroatoms. The topological polar surface area (TPSA) is 56.8 Å². The van der Waals surface area contributed by atoms with E-state index in [9.17, 15) is 9.59 Å². The van der Waals surface area contributed by atoms with Crippen molar-refractivity contribution in [3.05, 3.63) is 24.4 Å². The molecule has 0 N–H and O–H groups in total. The molecule has 1 aromatic heterocycles. The lowest BCUT2D eigenvalue weighted by molar-refractivity contribution is -0.141. The fourth-order valence-corrected chi connectivity index (χ4v) is 3.89. The zero-order valence-electron chi connectivity index (χ0n) is 14.6. The number of likely N-dealkylation sites (tertiary alicyclic amines) is 1. The van der Waals surface area contributed by atoms with Gasteiger partial charge in [-0.1, -0.05) is 6.07 Å². The molecule has 0 unspecified atom stereocenters. The second kappa shape index (κ2) is 7.02. The molecule has 3 aliphatic rings. The third kappa shape index (κ3) is 3.62. The maximum absolute atomic E-state index is 12.8. The number of hydrogen-bond donors (Lipinski definition) is 0. The monoisotopic (exact) mass is 342 g/mol. The quantitative estimate of drug-likeness (QED) is 0.833. The normalized spacial score (nSPS) is 22.2. The van der Waals surface area contributed by atoms with Crippen molar-refractivity contribution in [3.63, 3.8) is 0 Å². The third-order valence-corrected chi connectivity index (χ3v) is 5.65. The van der Waals surface area contributed by atoms with Crippen molar-refractivity contribution in [1.82, 2.24) is 14.8 Å². The van der Waals surface area contributed by atoms with Crippen LogP contribution >= 0.6 is 0 Å². The van der Waals surface area contributed by atoms with Crippen LogP contribution in [0.25, 0.3) is 0 Å². The van der Waals surface area contributed by atoms with Crippen LogP contribution in [0.5, 0.6) is 0 Å². The second-order valence-corrected chi connectivity index (χ2v) is 7.37. The van der Waals surface area contributed by atoms with Gasteiger partial charge in [-0.3, -0.25) is 9.59 Å². The maximum atomic E-state index is 12.8. The summed E-state index contributed by atoms with van der Waals surface area (Å²) < 4.78 is 0. The van der Waals surface area contributed by atoms with Crippen molar-refractivity contribution in [2.75, 3.05) is 44.2 Å². The first-order valence-corrected chi connectivity index (χ1v) is 9.46. The molecule has 134 valence electrons. The van der Waals surface area contributed by atoms with Crippen molar-refractivity contribution in [2.45, 2.75) is 25.7 Å². The highest BCUT2D eigenvalue weighted by molar-refractivity contribution is 5.82. The SMILES string of the molecule is O=C(C1CC1)N1CCC(C(=O)N2CCN(c3ccccn3)CC2)CC1. The zero-order valence-corrected chi connectivity index (χ0v) is 14.6. The van der Waals surface area contributed by atoms with Crippen LogP contribution in [0.3, 0.4) is 0 Å². The lowest BCUT2D eigenvalue weighted by Crippen LogP contribution is -2.52. The van der Waals surface area contributed by atoms with Gasteiger partial charge in [0.1, 0.15) is 5.82 Å². The third-order valence-electron chi connectivity index (χ3n) is 5.65. The minimum absolute atomic E-state index is 0.0876. The van der Waals surface area contributed by atoms with E-state index in [1.54, 1.807) is 0 Å². The van der Waals surface area contributed by atoms with Gasteiger partial charge in [0, 0.05) is 57.3 Å². The Bertz CT molecular complexity index is 616. The molecule has 2 aliphatic heterocycles. The van der Waals surface area contributed by atoms with Crippen LogP contribution in [0, 0.1) is 11.8 Å².